The van der Waals surface area contributed by atoms with E-state index in [2.05, 4.69) is 73.1 Å². The molecule has 7 nitrogen and oxygen atoms in total. The zero-order valence-corrected chi connectivity index (χ0v) is 33.9. The van der Waals surface area contributed by atoms with Crippen LogP contribution in [0.2, 0.25) is 0 Å². The van der Waals surface area contributed by atoms with E-state index in [1.165, 1.54) is 77.0 Å². The predicted molar refractivity (Wildman–Crippen MR) is 218 cm³/mol. The number of likely N-dealkylation sites (N-methyl/N-ethyl adjacent to an activating group) is 1. The van der Waals surface area contributed by atoms with Crippen molar-refractivity contribution in [2.45, 2.75) is 174 Å². The highest BCUT2D eigenvalue weighted by Gasteiger charge is 2.24. The minimum Gasteiger partial charge on any atom is -0.464 e. The Bertz CT molecular complexity index is 964. The molecule has 0 aromatic carbocycles. The van der Waals surface area contributed by atoms with E-state index in [1.807, 2.05) is 21.1 Å². The van der Waals surface area contributed by atoms with Crippen LogP contribution in [0.3, 0.4) is 0 Å². The van der Waals surface area contributed by atoms with Gasteiger partial charge in [0.15, 0.2) is 6.54 Å². The third kappa shape index (κ3) is 36.9. The lowest BCUT2D eigenvalue weighted by molar-refractivity contribution is -0.862. The average molecular weight is 715 g/mol. The van der Waals surface area contributed by atoms with Crippen LogP contribution in [0, 0.1) is 0 Å². The Hall–Kier alpha value is -2.67. The number of quaternary nitrogens is 1. The molecule has 7 heteroatoms. The largest absolute Gasteiger partial charge is 0.464 e. The predicted octanol–water partition coefficient (Wildman–Crippen LogP) is 10.5. The maximum Gasteiger partial charge on any atom is 0.330 e. The van der Waals surface area contributed by atoms with Gasteiger partial charge in [-0.25, -0.2) is 4.79 Å². The fourth-order valence-corrected chi connectivity index (χ4v) is 5.62. The molecule has 0 radical (unpaired) electrons. The van der Waals surface area contributed by atoms with Crippen LogP contribution in [0.25, 0.3) is 0 Å². The number of nitrogens with one attached hydrogen (secondary N) is 2. The minimum atomic E-state index is -0.878. The van der Waals surface area contributed by atoms with Crippen LogP contribution >= 0.6 is 0 Å². The molecule has 0 aliphatic rings. The number of nitrogens with zero attached hydrogens (tertiary/aromatic N) is 1. The maximum absolute atomic E-state index is 12.9. The standard InChI is InChI=1S/C44H79N3O4/c1-6-8-10-12-14-16-18-20-22-24-26-28-30-32-34-36-38-51-44(50)41(39-45-43(49)40-47(3,4)5)46-42(48)37-35-33-31-29-27-25-23-21-19-17-15-13-11-9-7-2/h14-17,20-23,41H,6-13,18-19,24-40H2,1-5H3,(H-,45,46,48,49)/p+1/b16-14-,17-15-,22-20-,23-21-. The van der Waals surface area contributed by atoms with E-state index in [0.29, 0.717) is 17.5 Å². The molecule has 2 N–H and O–H groups in total. The molecule has 0 saturated carbocycles. The van der Waals surface area contributed by atoms with Crippen molar-refractivity contribution in [2.75, 3.05) is 40.8 Å². The van der Waals surface area contributed by atoms with E-state index in [4.69, 9.17) is 4.74 Å². The molecule has 0 saturated heterocycles. The topological polar surface area (TPSA) is 84.5 Å². The molecule has 1 unspecified atom stereocenters. The second kappa shape index (κ2) is 35.7. The number of allylic oxidation sites excluding steroid dienone is 8. The van der Waals surface area contributed by atoms with Gasteiger partial charge < -0.3 is 19.9 Å². The fraction of sp³-hybridized carbons (Fsp3) is 0.750. The number of unbranched alkanes of at least 4 members (excludes halogenated alkanes) is 17. The van der Waals surface area contributed by atoms with Gasteiger partial charge >= 0.3 is 5.97 Å². The number of hydrogen-bond acceptors (Lipinski definition) is 4. The van der Waals surface area contributed by atoms with E-state index in [-0.39, 0.29) is 24.9 Å². The number of ether oxygens (including phenoxy) is 1. The molecule has 0 rings (SSSR count). The fourth-order valence-electron chi connectivity index (χ4n) is 5.62. The first-order chi connectivity index (χ1) is 24.7. The van der Waals surface area contributed by atoms with Gasteiger partial charge in [-0.1, -0.05) is 133 Å². The zero-order chi connectivity index (χ0) is 37.7. The molecular formula is C44H80N3O4+. The summed E-state index contributed by atoms with van der Waals surface area (Å²) in [6.45, 7) is 5.13. The van der Waals surface area contributed by atoms with Crippen molar-refractivity contribution in [3.8, 4) is 0 Å². The Labute approximate surface area is 314 Å². The van der Waals surface area contributed by atoms with Crippen LogP contribution in [0.15, 0.2) is 48.6 Å². The Kier molecular flexibility index (Phi) is 33.9. The highest BCUT2D eigenvalue weighted by atomic mass is 16.5. The molecule has 51 heavy (non-hydrogen) atoms. The van der Waals surface area contributed by atoms with Crippen LogP contribution in [0.1, 0.15) is 168 Å². The average Bonchev–Trinajstić information content (AvgIpc) is 3.08. The maximum atomic E-state index is 12.9. The third-order valence-electron chi connectivity index (χ3n) is 8.68. The van der Waals surface area contributed by atoms with E-state index < -0.39 is 12.0 Å². The molecule has 0 bridgehead atoms. The van der Waals surface area contributed by atoms with Crippen LogP contribution in [0.5, 0.6) is 0 Å². The Morgan fingerprint density at radius 2 is 0.980 bits per heavy atom. The van der Waals surface area contributed by atoms with Gasteiger partial charge in [0.05, 0.1) is 27.7 Å². The lowest BCUT2D eigenvalue weighted by atomic mass is 10.1. The van der Waals surface area contributed by atoms with Gasteiger partial charge in [-0.2, -0.15) is 0 Å². The second-order valence-corrected chi connectivity index (χ2v) is 15.1. The van der Waals surface area contributed by atoms with E-state index in [9.17, 15) is 14.4 Å². The van der Waals surface area contributed by atoms with Gasteiger partial charge in [-0.05, 0) is 77.0 Å². The Balaban J connectivity index is 4.25. The van der Waals surface area contributed by atoms with Crippen molar-refractivity contribution in [3.63, 3.8) is 0 Å². The monoisotopic (exact) mass is 715 g/mol. The van der Waals surface area contributed by atoms with Gasteiger partial charge in [-0.3, -0.25) is 9.59 Å². The zero-order valence-electron chi connectivity index (χ0n) is 33.9. The number of carbonyl (C=O) groups excluding carboxylic acids is 3. The molecule has 0 aromatic heterocycles. The van der Waals surface area contributed by atoms with Crippen molar-refractivity contribution in [2.24, 2.45) is 0 Å². The Morgan fingerprint density at radius 1 is 0.549 bits per heavy atom. The molecule has 0 spiro atoms. The van der Waals surface area contributed by atoms with Gasteiger partial charge in [0.25, 0.3) is 5.91 Å². The second-order valence-electron chi connectivity index (χ2n) is 15.1. The first kappa shape index (κ1) is 48.3. The van der Waals surface area contributed by atoms with Crippen LogP contribution in [-0.4, -0.2) is 69.1 Å². The molecule has 1 atom stereocenters. The van der Waals surface area contributed by atoms with E-state index in [0.717, 1.165) is 70.6 Å². The van der Waals surface area contributed by atoms with Crippen molar-refractivity contribution < 1.29 is 23.6 Å². The summed E-state index contributed by atoms with van der Waals surface area (Å²) in [5.74, 6) is -0.804. The first-order valence-corrected chi connectivity index (χ1v) is 20.8. The molecule has 2 amide bonds. The van der Waals surface area contributed by atoms with Crippen LogP contribution < -0.4 is 10.6 Å². The van der Waals surface area contributed by atoms with Crippen molar-refractivity contribution >= 4 is 17.8 Å². The summed E-state index contributed by atoms with van der Waals surface area (Å²) >= 11 is 0. The number of amides is 2. The van der Waals surface area contributed by atoms with Crippen molar-refractivity contribution in [1.82, 2.24) is 10.6 Å². The summed E-state index contributed by atoms with van der Waals surface area (Å²) in [6, 6.07) is -0.878. The molecule has 0 aromatic rings. The smallest absolute Gasteiger partial charge is 0.330 e. The molecular weight excluding hydrogens is 635 g/mol. The van der Waals surface area contributed by atoms with Crippen molar-refractivity contribution in [3.05, 3.63) is 48.6 Å². The molecule has 0 fully saturated rings. The highest BCUT2D eigenvalue weighted by Crippen LogP contribution is 2.10. The summed E-state index contributed by atoms with van der Waals surface area (Å²) in [5.41, 5.74) is 0. The highest BCUT2D eigenvalue weighted by molar-refractivity contribution is 5.85. The number of hydrogen-bond donors (Lipinski definition) is 2. The molecule has 0 heterocycles. The number of carbonyl (C=O) groups is 3. The lowest BCUT2D eigenvalue weighted by Crippen LogP contribution is -2.51. The van der Waals surface area contributed by atoms with Gasteiger partial charge in [0.2, 0.25) is 5.91 Å². The number of esters is 1. The van der Waals surface area contributed by atoms with Crippen LogP contribution in [-0.2, 0) is 19.1 Å². The Morgan fingerprint density at radius 3 is 1.45 bits per heavy atom. The normalized spacial score (nSPS) is 12.8. The summed E-state index contributed by atoms with van der Waals surface area (Å²) in [6.07, 6.45) is 44.8. The summed E-state index contributed by atoms with van der Waals surface area (Å²) in [7, 11) is 5.81. The SMILES string of the molecule is CCCCC/C=C\C/C=C\CCCCCCCCOC(=O)C(CNC(=O)C[N+](C)(C)C)NC(=O)CCCCCCC/C=C\C/C=C\CCCCC. The summed E-state index contributed by atoms with van der Waals surface area (Å²) < 4.78 is 6.04. The summed E-state index contributed by atoms with van der Waals surface area (Å²) in [4.78, 5) is 38.1. The van der Waals surface area contributed by atoms with Gasteiger partial charge in [-0.15, -0.1) is 0 Å². The van der Waals surface area contributed by atoms with E-state index in [1.54, 1.807) is 0 Å². The quantitative estimate of drug-likeness (QED) is 0.0296. The molecule has 0 aliphatic carbocycles. The van der Waals surface area contributed by atoms with Crippen molar-refractivity contribution in [1.29, 1.82) is 0 Å². The molecule has 294 valence electrons. The molecule has 0 aliphatic heterocycles. The first-order valence-electron chi connectivity index (χ1n) is 20.8. The third-order valence-corrected chi connectivity index (χ3v) is 8.68. The van der Waals surface area contributed by atoms with Gasteiger partial charge in [0.1, 0.15) is 6.04 Å². The minimum absolute atomic E-state index is 0.0370. The number of rotatable bonds is 35. The summed E-state index contributed by atoms with van der Waals surface area (Å²) in [5, 5.41) is 5.65. The van der Waals surface area contributed by atoms with Gasteiger partial charge in [0, 0.05) is 13.0 Å². The lowest BCUT2D eigenvalue weighted by Gasteiger charge is -2.24. The van der Waals surface area contributed by atoms with E-state index >= 15 is 0 Å². The van der Waals surface area contributed by atoms with Crippen LogP contribution in [0.4, 0.5) is 0 Å².